The maximum atomic E-state index is 11.9. The quantitative estimate of drug-likeness (QED) is 0.828. The van der Waals surface area contributed by atoms with Crippen molar-refractivity contribution < 1.29 is 4.79 Å². The Kier molecular flexibility index (Phi) is 5.07. The lowest BCUT2D eigenvalue weighted by atomic mass is 10.1. The number of para-hydroxylation sites is 1. The fourth-order valence-electron chi connectivity index (χ4n) is 1.87. The number of anilines is 2. The van der Waals surface area contributed by atoms with Gasteiger partial charge in [0.25, 0.3) is 0 Å². The van der Waals surface area contributed by atoms with Gasteiger partial charge in [-0.3, -0.25) is 4.79 Å². The van der Waals surface area contributed by atoms with E-state index >= 15 is 0 Å². The number of rotatable bonds is 5. The highest BCUT2D eigenvalue weighted by molar-refractivity contribution is 7.99. The Morgan fingerprint density at radius 3 is 2.60 bits per heavy atom. The normalized spacial score (nSPS) is 10.2. The van der Waals surface area contributed by atoms with E-state index in [0.29, 0.717) is 11.4 Å². The van der Waals surface area contributed by atoms with E-state index in [2.05, 4.69) is 17.4 Å². The number of benzene rings is 2. The number of nitrogens with two attached hydrogens (primary N) is 1. The van der Waals surface area contributed by atoms with Crippen LogP contribution in [0.1, 0.15) is 11.1 Å². The summed E-state index contributed by atoms with van der Waals surface area (Å²) in [4.78, 5) is 11.9. The van der Waals surface area contributed by atoms with Crippen LogP contribution in [0, 0.1) is 6.92 Å². The average molecular weight is 286 g/mol. The SMILES string of the molecule is Cc1cccc(N)c1NC(=O)CSCc1ccccc1. The summed E-state index contributed by atoms with van der Waals surface area (Å²) in [5.74, 6) is 1.23. The Hall–Kier alpha value is -1.94. The minimum absolute atomic E-state index is 0.0214. The van der Waals surface area contributed by atoms with E-state index < -0.39 is 0 Å². The standard InChI is InChI=1S/C16H18N2OS/c1-12-6-5-9-14(17)16(12)18-15(19)11-20-10-13-7-3-2-4-8-13/h2-9H,10-11,17H2,1H3,(H,18,19). The fourth-order valence-corrected chi connectivity index (χ4v) is 2.66. The second-order valence-corrected chi connectivity index (χ2v) is 5.55. The molecule has 0 radical (unpaired) electrons. The van der Waals surface area contributed by atoms with Crippen molar-refractivity contribution in [2.75, 3.05) is 16.8 Å². The van der Waals surface area contributed by atoms with E-state index in [4.69, 9.17) is 5.73 Å². The van der Waals surface area contributed by atoms with Gasteiger partial charge in [-0.15, -0.1) is 11.8 Å². The minimum Gasteiger partial charge on any atom is -0.397 e. The van der Waals surface area contributed by atoms with Crippen LogP contribution >= 0.6 is 11.8 Å². The molecule has 0 aliphatic carbocycles. The van der Waals surface area contributed by atoms with Gasteiger partial charge >= 0.3 is 0 Å². The molecular formula is C16H18N2OS. The molecule has 3 N–H and O–H groups in total. The maximum absolute atomic E-state index is 11.9. The van der Waals surface area contributed by atoms with E-state index in [9.17, 15) is 4.79 Å². The van der Waals surface area contributed by atoms with Crippen LogP contribution in [0.2, 0.25) is 0 Å². The first-order chi connectivity index (χ1) is 9.66. The molecule has 0 aliphatic heterocycles. The summed E-state index contributed by atoms with van der Waals surface area (Å²) in [7, 11) is 0. The van der Waals surface area contributed by atoms with Crippen LogP contribution in [-0.4, -0.2) is 11.7 Å². The van der Waals surface area contributed by atoms with Crippen molar-refractivity contribution in [3.8, 4) is 0 Å². The number of nitrogens with one attached hydrogen (secondary N) is 1. The molecule has 2 aromatic carbocycles. The highest BCUT2D eigenvalue weighted by Gasteiger charge is 2.07. The first kappa shape index (κ1) is 14.5. The molecule has 0 fully saturated rings. The topological polar surface area (TPSA) is 55.1 Å². The van der Waals surface area contributed by atoms with Crippen LogP contribution in [0.4, 0.5) is 11.4 Å². The van der Waals surface area contributed by atoms with Crippen LogP contribution in [0.25, 0.3) is 0 Å². The average Bonchev–Trinajstić information content (AvgIpc) is 2.44. The van der Waals surface area contributed by atoms with Crippen LogP contribution < -0.4 is 11.1 Å². The van der Waals surface area contributed by atoms with Gasteiger partial charge in [0.1, 0.15) is 0 Å². The van der Waals surface area contributed by atoms with Crippen molar-refractivity contribution >= 4 is 29.0 Å². The van der Waals surface area contributed by atoms with Gasteiger partial charge in [-0.1, -0.05) is 42.5 Å². The fraction of sp³-hybridized carbons (Fsp3) is 0.188. The zero-order chi connectivity index (χ0) is 14.4. The van der Waals surface area contributed by atoms with E-state index in [1.165, 1.54) is 5.56 Å². The maximum Gasteiger partial charge on any atom is 0.234 e. The number of nitrogen functional groups attached to an aromatic ring is 1. The van der Waals surface area contributed by atoms with Crippen LogP contribution in [0.5, 0.6) is 0 Å². The van der Waals surface area contributed by atoms with Gasteiger partial charge in [0.2, 0.25) is 5.91 Å². The predicted octanol–water partition coefficient (Wildman–Crippen LogP) is 3.45. The Labute approximate surface area is 123 Å². The molecule has 2 rings (SSSR count). The van der Waals surface area contributed by atoms with Crippen molar-refractivity contribution in [1.29, 1.82) is 0 Å². The summed E-state index contributed by atoms with van der Waals surface area (Å²) in [5, 5.41) is 2.88. The minimum atomic E-state index is -0.0214. The Morgan fingerprint density at radius 1 is 1.15 bits per heavy atom. The van der Waals surface area contributed by atoms with Crippen molar-refractivity contribution in [3.63, 3.8) is 0 Å². The lowest BCUT2D eigenvalue weighted by Gasteiger charge is -2.10. The molecule has 0 aliphatic rings. The van der Waals surface area contributed by atoms with Gasteiger partial charge in [-0.2, -0.15) is 0 Å². The summed E-state index contributed by atoms with van der Waals surface area (Å²) < 4.78 is 0. The number of carbonyl (C=O) groups excluding carboxylic acids is 1. The van der Waals surface area contributed by atoms with Crippen LogP contribution in [-0.2, 0) is 10.5 Å². The molecule has 0 atom stereocenters. The number of hydrogen-bond donors (Lipinski definition) is 2. The molecule has 0 unspecified atom stereocenters. The van der Waals surface area contributed by atoms with Crippen LogP contribution in [0.15, 0.2) is 48.5 Å². The largest absolute Gasteiger partial charge is 0.397 e. The van der Waals surface area contributed by atoms with Gasteiger partial charge in [-0.25, -0.2) is 0 Å². The number of thioether (sulfide) groups is 1. The first-order valence-corrected chi connectivity index (χ1v) is 7.59. The number of carbonyl (C=O) groups is 1. The van der Waals surface area contributed by atoms with Gasteiger partial charge in [0.05, 0.1) is 17.1 Å². The molecular weight excluding hydrogens is 268 g/mol. The summed E-state index contributed by atoms with van der Waals surface area (Å²) in [6.45, 7) is 1.93. The van der Waals surface area contributed by atoms with Gasteiger partial charge < -0.3 is 11.1 Å². The summed E-state index contributed by atoms with van der Waals surface area (Å²) >= 11 is 1.59. The second kappa shape index (κ2) is 7.01. The third kappa shape index (κ3) is 4.03. The number of hydrogen-bond acceptors (Lipinski definition) is 3. The molecule has 0 saturated carbocycles. The second-order valence-electron chi connectivity index (χ2n) is 4.57. The number of amides is 1. The highest BCUT2D eigenvalue weighted by Crippen LogP contribution is 2.22. The lowest BCUT2D eigenvalue weighted by Crippen LogP contribution is -2.16. The molecule has 20 heavy (non-hydrogen) atoms. The predicted molar refractivity (Wildman–Crippen MR) is 86.8 cm³/mol. The Bertz CT molecular complexity index is 564. The molecule has 0 bridgehead atoms. The monoisotopic (exact) mass is 286 g/mol. The van der Waals surface area contributed by atoms with Crippen molar-refractivity contribution in [2.24, 2.45) is 0 Å². The van der Waals surface area contributed by atoms with Crippen molar-refractivity contribution in [1.82, 2.24) is 0 Å². The molecule has 0 aromatic heterocycles. The zero-order valence-electron chi connectivity index (χ0n) is 11.4. The molecule has 3 nitrogen and oxygen atoms in total. The van der Waals surface area contributed by atoms with E-state index in [1.807, 2.05) is 37.3 Å². The summed E-state index contributed by atoms with van der Waals surface area (Å²) in [6.07, 6.45) is 0. The van der Waals surface area contributed by atoms with E-state index in [1.54, 1.807) is 17.8 Å². The van der Waals surface area contributed by atoms with E-state index in [-0.39, 0.29) is 5.91 Å². The van der Waals surface area contributed by atoms with Gasteiger partial charge in [0.15, 0.2) is 0 Å². The molecule has 4 heteroatoms. The third-order valence-electron chi connectivity index (χ3n) is 2.91. The smallest absolute Gasteiger partial charge is 0.234 e. The summed E-state index contributed by atoms with van der Waals surface area (Å²) in [5.41, 5.74) is 9.39. The molecule has 1 amide bonds. The zero-order valence-corrected chi connectivity index (χ0v) is 12.2. The molecule has 0 saturated heterocycles. The molecule has 0 spiro atoms. The van der Waals surface area contributed by atoms with E-state index in [0.717, 1.165) is 17.0 Å². The molecule has 0 heterocycles. The van der Waals surface area contributed by atoms with Gasteiger partial charge in [-0.05, 0) is 24.1 Å². The lowest BCUT2D eigenvalue weighted by molar-refractivity contribution is -0.113. The molecule has 2 aromatic rings. The highest BCUT2D eigenvalue weighted by atomic mass is 32.2. The van der Waals surface area contributed by atoms with Crippen LogP contribution in [0.3, 0.4) is 0 Å². The van der Waals surface area contributed by atoms with Crippen molar-refractivity contribution in [3.05, 3.63) is 59.7 Å². The van der Waals surface area contributed by atoms with Gasteiger partial charge in [0, 0.05) is 5.75 Å². The van der Waals surface area contributed by atoms with Crippen molar-refractivity contribution in [2.45, 2.75) is 12.7 Å². The number of aryl methyl sites for hydroxylation is 1. The summed E-state index contributed by atoms with van der Waals surface area (Å²) in [6, 6.07) is 15.7. The molecule has 104 valence electrons. The third-order valence-corrected chi connectivity index (χ3v) is 3.92. The Balaban J connectivity index is 1.84. The first-order valence-electron chi connectivity index (χ1n) is 6.43. The Morgan fingerprint density at radius 2 is 1.90 bits per heavy atom.